The van der Waals surface area contributed by atoms with Crippen LogP contribution in [0.1, 0.15) is 30.9 Å². The zero-order valence-electron chi connectivity index (χ0n) is 8.57. The SMILES string of the molecule is OC(c1ccc(Br)cc1)C1C2CCCC21. The van der Waals surface area contributed by atoms with E-state index in [9.17, 15) is 5.11 Å². The summed E-state index contributed by atoms with van der Waals surface area (Å²) in [5.74, 6) is 2.20. The molecule has 2 aliphatic carbocycles. The Morgan fingerprint density at radius 2 is 1.73 bits per heavy atom. The Labute approximate surface area is 98.6 Å². The Balaban J connectivity index is 1.75. The third-order valence-electron chi connectivity index (χ3n) is 4.05. The molecular weight excluding hydrogens is 252 g/mol. The molecule has 0 spiro atoms. The summed E-state index contributed by atoms with van der Waals surface area (Å²) in [5.41, 5.74) is 1.08. The molecule has 1 nitrogen and oxygen atoms in total. The van der Waals surface area contributed by atoms with E-state index >= 15 is 0 Å². The quantitative estimate of drug-likeness (QED) is 0.869. The van der Waals surface area contributed by atoms with Gasteiger partial charge in [-0.2, -0.15) is 0 Å². The summed E-state index contributed by atoms with van der Waals surface area (Å²) >= 11 is 3.41. The summed E-state index contributed by atoms with van der Waals surface area (Å²) in [4.78, 5) is 0. The van der Waals surface area contributed by atoms with Crippen LogP contribution in [0.2, 0.25) is 0 Å². The lowest BCUT2D eigenvalue weighted by atomic mass is 10.00. The van der Waals surface area contributed by atoms with Crippen LogP contribution in [0.15, 0.2) is 28.7 Å². The summed E-state index contributed by atoms with van der Waals surface area (Å²) in [5, 5.41) is 10.2. The van der Waals surface area contributed by atoms with Crippen LogP contribution in [0.5, 0.6) is 0 Å². The fraction of sp³-hybridized carbons (Fsp3) is 0.538. The topological polar surface area (TPSA) is 20.2 Å². The Bertz CT molecular complexity index is 349. The summed E-state index contributed by atoms with van der Waals surface area (Å²) < 4.78 is 1.08. The van der Waals surface area contributed by atoms with E-state index in [0.29, 0.717) is 5.92 Å². The van der Waals surface area contributed by atoms with E-state index in [0.717, 1.165) is 21.9 Å². The van der Waals surface area contributed by atoms with E-state index in [4.69, 9.17) is 0 Å². The van der Waals surface area contributed by atoms with Gasteiger partial charge in [-0.05, 0) is 48.3 Å². The van der Waals surface area contributed by atoms with Crippen molar-refractivity contribution in [2.75, 3.05) is 0 Å². The number of benzene rings is 1. The number of hydrogen-bond acceptors (Lipinski definition) is 1. The van der Waals surface area contributed by atoms with E-state index < -0.39 is 0 Å². The number of aliphatic hydroxyl groups excluding tert-OH is 1. The number of halogens is 1. The Kier molecular flexibility index (Phi) is 2.37. The molecule has 3 unspecified atom stereocenters. The molecule has 0 aromatic heterocycles. The van der Waals surface area contributed by atoms with Crippen LogP contribution in [0.3, 0.4) is 0 Å². The summed E-state index contributed by atoms with van der Waals surface area (Å²) in [7, 11) is 0. The first kappa shape index (κ1) is 9.86. The maximum Gasteiger partial charge on any atom is 0.0823 e. The van der Waals surface area contributed by atoms with Gasteiger partial charge in [0, 0.05) is 4.47 Å². The van der Waals surface area contributed by atoms with E-state index in [1.54, 1.807) is 0 Å². The van der Waals surface area contributed by atoms with Gasteiger partial charge in [0.2, 0.25) is 0 Å². The van der Waals surface area contributed by atoms with Gasteiger partial charge >= 0.3 is 0 Å². The summed E-state index contributed by atoms with van der Waals surface area (Å²) in [6.45, 7) is 0. The van der Waals surface area contributed by atoms with Crippen molar-refractivity contribution in [3.8, 4) is 0 Å². The van der Waals surface area contributed by atoms with Crippen LogP contribution >= 0.6 is 15.9 Å². The first-order valence-electron chi connectivity index (χ1n) is 5.71. The van der Waals surface area contributed by atoms with Crippen LogP contribution in [0.25, 0.3) is 0 Å². The first-order chi connectivity index (χ1) is 7.27. The van der Waals surface area contributed by atoms with Crippen LogP contribution in [0, 0.1) is 17.8 Å². The second kappa shape index (κ2) is 3.60. The molecule has 0 radical (unpaired) electrons. The molecule has 0 amide bonds. The highest BCUT2D eigenvalue weighted by molar-refractivity contribution is 9.10. The zero-order chi connectivity index (χ0) is 10.4. The lowest BCUT2D eigenvalue weighted by Gasteiger charge is -2.12. The Morgan fingerprint density at radius 1 is 1.13 bits per heavy atom. The van der Waals surface area contributed by atoms with Crippen LogP contribution in [-0.2, 0) is 0 Å². The maximum atomic E-state index is 10.2. The molecule has 2 fully saturated rings. The normalized spacial score (nSPS) is 34.9. The minimum atomic E-state index is -0.228. The van der Waals surface area contributed by atoms with Crippen molar-refractivity contribution in [2.24, 2.45) is 17.8 Å². The molecule has 1 aromatic rings. The molecule has 15 heavy (non-hydrogen) atoms. The Morgan fingerprint density at radius 3 is 2.33 bits per heavy atom. The van der Waals surface area contributed by atoms with Crippen molar-refractivity contribution in [3.63, 3.8) is 0 Å². The van der Waals surface area contributed by atoms with E-state index in [1.807, 2.05) is 24.3 Å². The van der Waals surface area contributed by atoms with Gasteiger partial charge in [-0.1, -0.05) is 34.5 Å². The van der Waals surface area contributed by atoms with Crippen molar-refractivity contribution < 1.29 is 5.11 Å². The fourth-order valence-electron chi connectivity index (χ4n) is 3.23. The minimum absolute atomic E-state index is 0.228. The van der Waals surface area contributed by atoms with Crippen molar-refractivity contribution in [1.29, 1.82) is 0 Å². The second-order valence-corrected chi connectivity index (χ2v) is 5.75. The Hall–Kier alpha value is -0.340. The van der Waals surface area contributed by atoms with Gasteiger partial charge in [-0.3, -0.25) is 0 Å². The summed E-state index contributed by atoms with van der Waals surface area (Å²) in [6, 6.07) is 8.08. The molecule has 0 saturated heterocycles. The predicted molar refractivity (Wildman–Crippen MR) is 63.4 cm³/mol. The lowest BCUT2D eigenvalue weighted by Crippen LogP contribution is -2.04. The molecule has 0 heterocycles. The number of aliphatic hydroxyl groups is 1. The average Bonchev–Trinajstić information content (AvgIpc) is 2.72. The molecular formula is C13H15BrO. The van der Waals surface area contributed by atoms with Crippen molar-refractivity contribution in [1.82, 2.24) is 0 Å². The monoisotopic (exact) mass is 266 g/mol. The molecule has 1 N–H and O–H groups in total. The highest BCUT2D eigenvalue weighted by Gasteiger charge is 2.55. The molecule has 2 aliphatic rings. The van der Waals surface area contributed by atoms with E-state index in [1.165, 1.54) is 19.3 Å². The highest BCUT2D eigenvalue weighted by Crippen LogP contribution is 2.62. The van der Waals surface area contributed by atoms with Gasteiger partial charge < -0.3 is 5.11 Å². The third-order valence-corrected chi connectivity index (χ3v) is 4.58. The van der Waals surface area contributed by atoms with E-state index in [2.05, 4.69) is 15.9 Å². The van der Waals surface area contributed by atoms with Crippen molar-refractivity contribution >= 4 is 15.9 Å². The van der Waals surface area contributed by atoms with Crippen LogP contribution in [-0.4, -0.2) is 5.11 Å². The van der Waals surface area contributed by atoms with Crippen molar-refractivity contribution in [2.45, 2.75) is 25.4 Å². The first-order valence-corrected chi connectivity index (χ1v) is 6.50. The molecule has 2 saturated carbocycles. The van der Waals surface area contributed by atoms with Gasteiger partial charge in [0.15, 0.2) is 0 Å². The van der Waals surface area contributed by atoms with Crippen LogP contribution in [0.4, 0.5) is 0 Å². The fourth-order valence-corrected chi connectivity index (χ4v) is 3.49. The number of rotatable bonds is 2. The van der Waals surface area contributed by atoms with Gasteiger partial charge in [0.05, 0.1) is 6.10 Å². The maximum absolute atomic E-state index is 10.2. The van der Waals surface area contributed by atoms with Gasteiger partial charge in [-0.25, -0.2) is 0 Å². The standard InChI is InChI=1S/C13H15BrO/c14-9-6-4-8(5-7-9)13(15)12-10-2-1-3-11(10)12/h4-7,10-13,15H,1-3H2. The van der Waals surface area contributed by atoms with Crippen LogP contribution < -0.4 is 0 Å². The van der Waals surface area contributed by atoms with Gasteiger partial charge in [0.25, 0.3) is 0 Å². The second-order valence-electron chi connectivity index (χ2n) is 4.83. The number of hydrogen-bond donors (Lipinski definition) is 1. The third kappa shape index (κ3) is 1.64. The van der Waals surface area contributed by atoms with Crippen molar-refractivity contribution in [3.05, 3.63) is 34.3 Å². The smallest absolute Gasteiger partial charge is 0.0823 e. The predicted octanol–water partition coefficient (Wildman–Crippen LogP) is 3.53. The van der Waals surface area contributed by atoms with Gasteiger partial charge in [0.1, 0.15) is 0 Å². The van der Waals surface area contributed by atoms with E-state index in [-0.39, 0.29) is 6.10 Å². The summed E-state index contributed by atoms with van der Waals surface area (Å²) in [6.07, 6.45) is 3.82. The molecule has 1 aromatic carbocycles. The molecule has 0 bridgehead atoms. The molecule has 3 atom stereocenters. The molecule has 3 rings (SSSR count). The molecule has 0 aliphatic heterocycles. The molecule has 2 heteroatoms. The minimum Gasteiger partial charge on any atom is -0.388 e. The highest BCUT2D eigenvalue weighted by atomic mass is 79.9. The largest absolute Gasteiger partial charge is 0.388 e. The lowest BCUT2D eigenvalue weighted by molar-refractivity contribution is 0.137. The molecule has 80 valence electrons. The number of fused-ring (bicyclic) bond motifs is 1. The zero-order valence-corrected chi connectivity index (χ0v) is 10.2. The van der Waals surface area contributed by atoms with Gasteiger partial charge in [-0.15, -0.1) is 0 Å². The average molecular weight is 267 g/mol.